The summed E-state index contributed by atoms with van der Waals surface area (Å²) in [6, 6.07) is 6.16. The molecule has 2 atom stereocenters. The fraction of sp³-hybridized carbons (Fsp3) is 0.438. The number of nitrogens with zero attached hydrogens (tertiary/aromatic N) is 1. The summed E-state index contributed by atoms with van der Waals surface area (Å²) in [5.74, 6) is -1.70. The smallest absolute Gasteiger partial charge is 0.325 e. The van der Waals surface area contributed by atoms with Gasteiger partial charge in [-0.25, -0.2) is 0 Å². The predicted octanol–water partition coefficient (Wildman–Crippen LogP) is 1.03. The highest BCUT2D eigenvalue weighted by molar-refractivity contribution is 6.01. The molecule has 7 heteroatoms. The van der Waals surface area contributed by atoms with Gasteiger partial charge >= 0.3 is 5.97 Å². The van der Waals surface area contributed by atoms with Crippen LogP contribution in [0.25, 0.3) is 0 Å². The van der Waals surface area contributed by atoms with Crippen molar-refractivity contribution in [1.29, 1.82) is 0 Å². The third kappa shape index (κ3) is 3.80. The molecule has 1 aliphatic rings. The van der Waals surface area contributed by atoms with Gasteiger partial charge in [-0.05, 0) is 26.0 Å². The molecule has 1 saturated heterocycles. The molecule has 1 heterocycles. The quantitative estimate of drug-likeness (QED) is 0.816. The number of hydrogen-bond donors (Lipinski definition) is 2. The zero-order valence-corrected chi connectivity index (χ0v) is 13.1. The first kappa shape index (κ1) is 16.8. The summed E-state index contributed by atoms with van der Waals surface area (Å²) in [6.07, 6.45) is 0.0542. The van der Waals surface area contributed by atoms with Gasteiger partial charge in [-0.15, -0.1) is 0 Å². The number of carbonyl (C=O) groups is 3. The van der Waals surface area contributed by atoms with E-state index in [2.05, 4.69) is 5.32 Å². The molecular formula is C16H20N2O5. The van der Waals surface area contributed by atoms with Crippen LogP contribution in [0.3, 0.4) is 0 Å². The lowest BCUT2D eigenvalue weighted by Crippen LogP contribution is -2.42. The molecule has 0 radical (unpaired) electrons. The van der Waals surface area contributed by atoms with Crippen molar-refractivity contribution < 1.29 is 24.2 Å². The number of carboxylic acids is 1. The number of hydrogen-bond acceptors (Lipinski definition) is 4. The minimum atomic E-state index is -1.11. The molecule has 0 bridgehead atoms. The Bertz CT molecular complexity index is 616. The minimum Gasteiger partial charge on any atom is -0.492 e. The number of nitrogens with one attached hydrogen (secondary N) is 1. The highest BCUT2D eigenvalue weighted by Gasteiger charge is 2.37. The molecule has 2 unspecified atom stereocenters. The summed E-state index contributed by atoms with van der Waals surface area (Å²) in [5, 5.41) is 11.2. The van der Waals surface area contributed by atoms with E-state index in [1.807, 2.05) is 13.0 Å². The van der Waals surface area contributed by atoms with Crippen molar-refractivity contribution in [2.75, 3.05) is 18.1 Å². The molecule has 1 aromatic rings. The second-order valence-corrected chi connectivity index (χ2v) is 5.37. The number of carboxylic acid groups (broad SMARTS) is 1. The molecule has 1 fully saturated rings. The predicted molar refractivity (Wildman–Crippen MR) is 83.3 cm³/mol. The topological polar surface area (TPSA) is 95.9 Å². The first-order valence-electron chi connectivity index (χ1n) is 7.49. The van der Waals surface area contributed by atoms with Gasteiger partial charge in [0.1, 0.15) is 11.8 Å². The van der Waals surface area contributed by atoms with Crippen LogP contribution >= 0.6 is 0 Å². The highest BCUT2D eigenvalue weighted by Crippen LogP contribution is 2.33. The molecule has 0 aromatic heterocycles. The van der Waals surface area contributed by atoms with Gasteiger partial charge in [0.15, 0.2) is 0 Å². The lowest BCUT2D eigenvalue weighted by atomic mass is 10.1. The summed E-state index contributed by atoms with van der Waals surface area (Å²) >= 11 is 0. The molecule has 7 nitrogen and oxygen atoms in total. The Labute approximate surface area is 134 Å². The molecule has 0 spiro atoms. The van der Waals surface area contributed by atoms with Gasteiger partial charge < -0.3 is 20.1 Å². The van der Waals surface area contributed by atoms with Crippen LogP contribution in [-0.2, 0) is 14.4 Å². The Morgan fingerprint density at radius 3 is 2.78 bits per heavy atom. The molecule has 0 saturated carbocycles. The summed E-state index contributed by atoms with van der Waals surface area (Å²) in [4.78, 5) is 36.7. The van der Waals surface area contributed by atoms with Gasteiger partial charge in [0.25, 0.3) is 0 Å². The Morgan fingerprint density at radius 1 is 1.43 bits per heavy atom. The molecule has 2 rings (SSSR count). The summed E-state index contributed by atoms with van der Waals surface area (Å²) in [6.45, 7) is 3.92. The number of carbonyl (C=O) groups excluding carboxylic acids is 2. The lowest BCUT2D eigenvalue weighted by molar-refractivity contribution is -0.141. The largest absolute Gasteiger partial charge is 0.492 e. The molecule has 2 amide bonds. The van der Waals surface area contributed by atoms with E-state index >= 15 is 0 Å². The van der Waals surface area contributed by atoms with Gasteiger partial charge in [0, 0.05) is 13.0 Å². The first-order chi connectivity index (χ1) is 10.9. The van der Waals surface area contributed by atoms with Crippen LogP contribution < -0.4 is 15.0 Å². The average molecular weight is 320 g/mol. The molecule has 124 valence electrons. The Balaban J connectivity index is 2.11. The average Bonchev–Trinajstić information content (AvgIpc) is 2.90. The number of aliphatic carboxylic acids is 1. The zero-order valence-electron chi connectivity index (χ0n) is 13.1. The molecule has 2 N–H and O–H groups in total. The maximum Gasteiger partial charge on any atom is 0.325 e. The third-order valence-corrected chi connectivity index (χ3v) is 3.68. The van der Waals surface area contributed by atoms with E-state index in [0.717, 1.165) is 0 Å². The van der Waals surface area contributed by atoms with Crippen molar-refractivity contribution in [3.05, 3.63) is 24.3 Å². The number of para-hydroxylation sites is 2. The number of amides is 2. The van der Waals surface area contributed by atoms with Gasteiger partial charge in [-0.2, -0.15) is 0 Å². The van der Waals surface area contributed by atoms with E-state index in [9.17, 15) is 14.4 Å². The lowest BCUT2D eigenvalue weighted by Gasteiger charge is -2.20. The molecule has 1 aliphatic heterocycles. The monoisotopic (exact) mass is 320 g/mol. The van der Waals surface area contributed by atoms with Crippen molar-refractivity contribution in [2.45, 2.75) is 26.3 Å². The number of ether oxygens (including phenoxy) is 1. The van der Waals surface area contributed by atoms with E-state index in [-0.39, 0.29) is 18.9 Å². The van der Waals surface area contributed by atoms with Crippen LogP contribution in [0.5, 0.6) is 5.75 Å². The van der Waals surface area contributed by atoms with E-state index < -0.39 is 23.8 Å². The van der Waals surface area contributed by atoms with Crippen molar-refractivity contribution in [3.63, 3.8) is 0 Å². The van der Waals surface area contributed by atoms with E-state index in [4.69, 9.17) is 9.84 Å². The minimum absolute atomic E-state index is 0.0542. The van der Waals surface area contributed by atoms with Crippen molar-refractivity contribution in [1.82, 2.24) is 5.32 Å². The number of anilines is 1. The zero-order chi connectivity index (χ0) is 17.0. The second-order valence-electron chi connectivity index (χ2n) is 5.37. The van der Waals surface area contributed by atoms with Gasteiger partial charge in [0.05, 0.1) is 18.2 Å². The Morgan fingerprint density at radius 2 is 2.13 bits per heavy atom. The summed E-state index contributed by atoms with van der Waals surface area (Å²) < 4.78 is 5.52. The maximum absolute atomic E-state index is 12.2. The van der Waals surface area contributed by atoms with Crippen LogP contribution in [0.4, 0.5) is 5.69 Å². The van der Waals surface area contributed by atoms with Gasteiger partial charge in [-0.3, -0.25) is 14.4 Å². The fourth-order valence-electron chi connectivity index (χ4n) is 2.47. The van der Waals surface area contributed by atoms with Gasteiger partial charge in [-0.1, -0.05) is 12.1 Å². The maximum atomic E-state index is 12.2. The van der Waals surface area contributed by atoms with Crippen LogP contribution in [0, 0.1) is 5.92 Å². The SMILES string of the molecule is CCOc1ccccc1N1CC(C(=O)NC(C)C(=O)O)CC1=O. The van der Waals surface area contributed by atoms with Crippen LogP contribution in [0.1, 0.15) is 20.3 Å². The highest BCUT2D eigenvalue weighted by atomic mass is 16.5. The van der Waals surface area contributed by atoms with E-state index in [1.54, 1.807) is 18.2 Å². The number of benzene rings is 1. The van der Waals surface area contributed by atoms with E-state index in [0.29, 0.717) is 18.0 Å². The second kappa shape index (κ2) is 7.13. The van der Waals surface area contributed by atoms with Crippen LogP contribution in [-0.4, -0.2) is 42.1 Å². The van der Waals surface area contributed by atoms with E-state index in [1.165, 1.54) is 11.8 Å². The Hall–Kier alpha value is -2.57. The Kier molecular flexibility index (Phi) is 5.20. The van der Waals surface area contributed by atoms with Gasteiger partial charge in [0.2, 0.25) is 11.8 Å². The summed E-state index contributed by atoms with van der Waals surface area (Å²) in [5.41, 5.74) is 0.626. The molecule has 1 aromatic carbocycles. The van der Waals surface area contributed by atoms with Crippen LogP contribution in [0.15, 0.2) is 24.3 Å². The van der Waals surface area contributed by atoms with Crippen LogP contribution in [0.2, 0.25) is 0 Å². The van der Waals surface area contributed by atoms with Crippen molar-refractivity contribution in [3.8, 4) is 5.75 Å². The fourth-order valence-corrected chi connectivity index (χ4v) is 2.47. The standard InChI is InChI=1S/C16H20N2O5/c1-3-23-13-7-5-4-6-12(13)18-9-11(8-14(18)19)15(20)17-10(2)16(21)22/h4-7,10-11H,3,8-9H2,1-2H3,(H,17,20)(H,21,22). The van der Waals surface area contributed by atoms with Crippen molar-refractivity contribution in [2.24, 2.45) is 5.92 Å². The molecule has 23 heavy (non-hydrogen) atoms. The number of rotatable bonds is 6. The summed E-state index contributed by atoms with van der Waals surface area (Å²) in [7, 11) is 0. The first-order valence-corrected chi connectivity index (χ1v) is 7.49. The third-order valence-electron chi connectivity index (χ3n) is 3.68. The molecule has 0 aliphatic carbocycles. The van der Waals surface area contributed by atoms with Crippen molar-refractivity contribution >= 4 is 23.5 Å². The normalized spacial score (nSPS) is 18.6. The molecular weight excluding hydrogens is 300 g/mol.